The number of ether oxygens (including phenoxy) is 1. The normalized spacial score (nSPS) is 22.1. The van der Waals surface area contributed by atoms with Crippen molar-refractivity contribution < 1.29 is 14.3 Å². The lowest BCUT2D eigenvalue weighted by molar-refractivity contribution is -0.137. The molecule has 6 heteroatoms. The van der Waals surface area contributed by atoms with Crippen LogP contribution in [0.4, 0.5) is 0 Å². The van der Waals surface area contributed by atoms with E-state index in [2.05, 4.69) is 18.9 Å². The molecular weight excluding hydrogens is 354 g/mol. The molecule has 0 bridgehead atoms. The zero-order valence-corrected chi connectivity index (χ0v) is 16.5. The molecule has 0 N–H and O–H groups in total. The molecule has 1 aliphatic heterocycles. The lowest BCUT2D eigenvalue weighted by atomic mass is 9.92. The van der Waals surface area contributed by atoms with Gasteiger partial charge < -0.3 is 9.64 Å². The van der Waals surface area contributed by atoms with Crippen LogP contribution in [0.3, 0.4) is 0 Å². The van der Waals surface area contributed by atoms with Gasteiger partial charge in [0.15, 0.2) is 12.3 Å². The van der Waals surface area contributed by atoms with Crippen molar-refractivity contribution in [3.8, 4) is 5.69 Å². The first-order valence-electron chi connectivity index (χ1n) is 10.1. The molecule has 1 saturated heterocycles. The molecule has 4 rings (SSSR count). The zero-order chi connectivity index (χ0) is 19.7. The van der Waals surface area contributed by atoms with Gasteiger partial charge in [-0.05, 0) is 49.3 Å². The smallest absolute Gasteiger partial charge is 0.357 e. The van der Waals surface area contributed by atoms with Gasteiger partial charge in [0.1, 0.15) is 0 Å². The molecule has 28 heavy (non-hydrogen) atoms. The molecule has 2 heterocycles. The summed E-state index contributed by atoms with van der Waals surface area (Å²) in [6.45, 7) is 5.54. The monoisotopic (exact) mass is 381 g/mol. The van der Waals surface area contributed by atoms with Crippen molar-refractivity contribution in [2.24, 2.45) is 11.8 Å². The number of nitrogens with zero attached hydrogens (tertiary/aromatic N) is 3. The molecule has 2 fully saturated rings. The van der Waals surface area contributed by atoms with Crippen molar-refractivity contribution in [3.05, 3.63) is 47.8 Å². The SMILES string of the molecule is C[C@H]1C[C@H](C)CN(C(=O)COC(=O)c2cc(C3CC3)nn2-c2ccccc2)C1. The molecule has 2 aromatic rings. The van der Waals surface area contributed by atoms with E-state index in [1.165, 1.54) is 0 Å². The molecule has 6 nitrogen and oxygen atoms in total. The first-order chi connectivity index (χ1) is 13.5. The van der Waals surface area contributed by atoms with Crippen molar-refractivity contribution in [2.45, 2.75) is 39.0 Å². The van der Waals surface area contributed by atoms with Crippen LogP contribution < -0.4 is 0 Å². The van der Waals surface area contributed by atoms with Crippen LogP contribution in [0.2, 0.25) is 0 Å². The average Bonchev–Trinajstić information content (AvgIpc) is 3.44. The fraction of sp³-hybridized carbons (Fsp3) is 0.500. The van der Waals surface area contributed by atoms with E-state index in [9.17, 15) is 9.59 Å². The van der Waals surface area contributed by atoms with Gasteiger partial charge in [0.25, 0.3) is 5.91 Å². The van der Waals surface area contributed by atoms with Crippen molar-refractivity contribution >= 4 is 11.9 Å². The zero-order valence-electron chi connectivity index (χ0n) is 16.5. The Bertz CT molecular complexity index is 847. The maximum Gasteiger partial charge on any atom is 0.357 e. The number of esters is 1. The van der Waals surface area contributed by atoms with Crippen molar-refractivity contribution in [1.82, 2.24) is 14.7 Å². The molecule has 0 spiro atoms. The predicted octanol–water partition coefficient (Wildman–Crippen LogP) is 3.41. The number of piperidine rings is 1. The van der Waals surface area contributed by atoms with Crippen LogP contribution in [0.1, 0.15) is 55.2 Å². The fourth-order valence-electron chi connectivity index (χ4n) is 4.05. The number of rotatable bonds is 5. The first-order valence-corrected chi connectivity index (χ1v) is 10.1. The Labute approximate surface area is 165 Å². The predicted molar refractivity (Wildman–Crippen MR) is 105 cm³/mol. The number of hydrogen-bond acceptors (Lipinski definition) is 4. The number of aromatic nitrogens is 2. The van der Waals surface area contributed by atoms with Crippen LogP contribution >= 0.6 is 0 Å². The summed E-state index contributed by atoms with van der Waals surface area (Å²) in [6.07, 6.45) is 3.33. The van der Waals surface area contributed by atoms with Gasteiger partial charge in [-0.2, -0.15) is 5.10 Å². The van der Waals surface area contributed by atoms with Gasteiger partial charge in [-0.15, -0.1) is 0 Å². The summed E-state index contributed by atoms with van der Waals surface area (Å²) in [5.74, 6) is 0.747. The molecule has 148 valence electrons. The molecule has 1 aromatic heterocycles. The van der Waals surface area contributed by atoms with E-state index in [0.29, 0.717) is 23.4 Å². The third-order valence-corrected chi connectivity index (χ3v) is 5.48. The van der Waals surface area contributed by atoms with Crippen molar-refractivity contribution in [3.63, 3.8) is 0 Å². The molecule has 1 aromatic carbocycles. The summed E-state index contributed by atoms with van der Waals surface area (Å²) in [5, 5.41) is 4.62. The molecule has 2 atom stereocenters. The van der Waals surface area contributed by atoms with E-state index in [1.54, 1.807) is 4.68 Å². The quantitative estimate of drug-likeness (QED) is 0.745. The van der Waals surface area contributed by atoms with Crippen LogP contribution in [-0.2, 0) is 9.53 Å². The topological polar surface area (TPSA) is 64.4 Å². The highest BCUT2D eigenvalue weighted by molar-refractivity contribution is 5.90. The number of carbonyl (C=O) groups is 2. The summed E-state index contributed by atoms with van der Waals surface area (Å²) in [4.78, 5) is 27.1. The second-order valence-corrected chi connectivity index (χ2v) is 8.30. The van der Waals surface area contributed by atoms with E-state index in [1.807, 2.05) is 41.3 Å². The number of para-hydroxylation sites is 1. The highest BCUT2D eigenvalue weighted by atomic mass is 16.5. The standard InChI is InChI=1S/C22H27N3O3/c1-15-10-16(2)13-24(12-15)21(26)14-28-22(27)20-11-19(17-8-9-17)23-25(20)18-6-4-3-5-7-18/h3-7,11,15-17H,8-10,12-14H2,1-2H3/t15-,16-/m0/s1. The Balaban J connectivity index is 1.46. The third kappa shape index (κ3) is 4.11. The molecular formula is C22H27N3O3. The Morgan fingerprint density at radius 2 is 1.79 bits per heavy atom. The van der Waals surface area contributed by atoms with E-state index >= 15 is 0 Å². The minimum Gasteiger partial charge on any atom is -0.451 e. The number of hydrogen-bond donors (Lipinski definition) is 0. The van der Waals surface area contributed by atoms with Crippen molar-refractivity contribution in [2.75, 3.05) is 19.7 Å². The highest BCUT2D eigenvalue weighted by Crippen LogP contribution is 2.39. The number of likely N-dealkylation sites (tertiary alicyclic amines) is 1. The Hall–Kier alpha value is -2.63. The van der Waals surface area contributed by atoms with Gasteiger partial charge in [-0.3, -0.25) is 4.79 Å². The molecule has 2 aliphatic rings. The van der Waals surface area contributed by atoms with Crippen LogP contribution in [0.25, 0.3) is 5.69 Å². The molecule has 1 amide bonds. The first kappa shape index (κ1) is 18.7. The summed E-state index contributed by atoms with van der Waals surface area (Å²) in [5.41, 5.74) is 2.11. The summed E-state index contributed by atoms with van der Waals surface area (Å²) in [7, 11) is 0. The minimum atomic E-state index is -0.505. The highest BCUT2D eigenvalue weighted by Gasteiger charge is 2.30. The van der Waals surface area contributed by atoms with Crippen LogP contribution in [0.5, 0.6) is 0 Å². The summed E-state index contributed by atoms with van der Waals surface area (Å²) >= 11 is 0. The summed E-state index contributed by atoms with van der Waals surface area (Å²) in [6, 6.07) is 11.4. The van der Waals surface area contributed by atoms with Crippen LogP contribution in [0, 0.1) is 11.8 Å². The lowest BCUT2D eigenvalue weighted by Crippen LogP contribution is -2.44. The van der Waals surface area contributed by atoms with Crippen molar-refractivity contribution in [1.29, 1.82) is 0 Å². The lowest BCUT2D eigenvalue weighted by Gasteiger charge is -2.34. The maximum absolute atomic E-state index is 12.8. The van der Waals surface area contributed by atoms with Gasteiger partial charge in [0, 0.05) is 19.0 Å². The van der Waals surface area contributed by atoms with Gasteiger partial charge in [-0.25, -0.2) is 9.48 Å². The van der Waals surface area contributed by atoms with E-state index < -0.39 is 5.97 Å². The molecule has 1 aliphatic carbocycles. The Morgan fingerprint density at radius 1 is 1.11 bits per heavy atom. The molecule has 0 unspecified atom stereocenters. The number of carbonyl (C=O) groups excluding carboxylic acids is 2. The van der Waals surface area contributed by atoms with E-state index in [-0.39, 0.29) is 12.5 Å². The van der Waals surface area contributed by atoms with Gasteiger partial charge in [-0.1, -0.05) is 32.0 Å². The number of benzene rings is 1. The van der Waals surface area contributed by atoms with Gasteiger partial charge in [0.05, 0.1) is 11.4 Å². The number of amides is 1. The third-order valence-electron chi connectivity index (χ3n) is 5.48. The van der Waals surface area contributed by atoms with E-state index in [0.717, 1.165) is 43.7 Å². The fourth-order valence-corrected chi connectivity index (χ4v) is 4.05. The van der Waals surface area contributed by atoms with Gasteiger partial charge in [0.2, 0.25) is 0 Å². The Kier molecular flexibility index (Phi) is 5.20. The maximum atomic E-state index is 12.8. The molecule has 1 saturated carbocycles. The van der Waals surface area contributed by atoms with Gasteiger partial charge >= 0.3 is 5.97 Å². The largest absolute Gasteiger partial charge is 0.451 e. The second kappa shape index (κ2) is 7.78. The average molecular weight is 381 g/mol. The second-order valence-electron chi connectivity index (χ2n) is 8.30. The summed E-state index contributed by atoms with van der Waals surface area (Å²) < 4.78 is 7.03. The molecule has 0 radical (unpaired) electrons. The minimum absolute atomic E-state index is 0.125. The van der Waals surface area contributed by atoms with Crippen LogP contribution in [0.15, 0.2) is 36.4 Å². The Morgan fingerprint density at radius 3 is 2.43 bits per heavy atom. The van der Waals surface area contributed by atoms with Crippen LogP contribution in [-0.4, -0.2) is 46.3 Å². The van der Waals surface area contributed by atoms with E-state index in [4.69, 9.17) is 4.74 Å².